The van der Waals surface area contributed by atoms with Crippen molar-refractivity contribution in [2.45, 2.75) is 38.5 Å². The second-order valence-corrected chi connectivity index (χ2v) is 7.05. The molecule has 26 heavy (non-hydrogen) atoms. The van der Waals surface area contributed by atoms with Crippen LogP contribution in [0.25, 0.3) is 0 Å². The Morgan fingerprint density at radius 1 is 1.08 bits per heavy atom. The van der Waals surface area contributed by atoms with Crippen molar-refractivity contribution in [3.63, 3.8) is 0 Å². The molecule has 0 amide bonds. The van der Waals surface area contributed by atoms with E-state index in [4.69, 9.17) is 22.2 Å². The van der Waals surface area contributed by atoms with Crippen LogP contribution in [0.2, 0.25) is 5.02 Å². The van der Waals surface area contributed by atoms with E-state index in [2.05, 4.69) is 16.9 Å². The molecule has 0 aliphatic carbocycles. The van der Waals surface area contributed by atoms with Gasteiger partial charge >= 0.3 is 0 Å². The number of hydroxylamine groups is 2. The van der Waals surface area contributed by atoms with Crippen molar-refractivity contribution in [1.82, 2.24) is 5.06 Å². The zero-order valence-electron chi connectivity index (χ0n) is 15.0. The molecule has 0 saturated carbocycles. The third-order valence-corrected chi connectivity index (χ3v) is 4.67. The van der Waals surface area contributed by atoms with Crippen molar-refractivity contribution in [1.29, 1.82) is 0 Å². The zero-order chi connectivity index (χ0) is 18.2. The van der Waals surface area contributed by atoms with Crippen molar-refractivity contribution < 1.29 is 4.84 Å². The molecule has 0 atom stereocenters. The van der Waals surface area contributed by atoms with E-state index >= 15 is 0 Å². The molecule has 1 aliphatic heterocycles. The lowest BCUT2D eigenvalue weighted by Crippen LogP contribution is -2.33. The van der Waals surface area contributed by atoms with Gasteiger partial charge in [0.05, 0.1) is 0 Å². The Morgan fingerprint density at radius 2 is 1.92 bits per heavy atom. The summed E-state index contributed by atoms with van der Waals surface area (Å²) in [5.74, 6) is 7.31. The molecule has 0 bridgehead atoms. The maximum atomic E-state index is 6.19. The molecule has 136 valence electrons. The Bertz CT molecular complexity index is 788. The fraction of sp³-hybridized carbons (Fsp3) is 0.364. The molecular formula is C22H25ClN2O. The molecule has 0 spiro atoms. The summed E-state index contributed by atoms with van der Waals surface area (Å²) in [6.45, 7) is 1.99. The van der Waals surface area contributed by atoms with Crippen LogP contribution < -0.4 is 10.6 Å². The van der Waals surface area contributed by atoms with Crippen LogP contribution in [0.3, 0.4) is 0 Å². The third kappa shape index (κ3) is 5.69. The first-order valence-electron chi connectivity index (χ1n) is 9.26. The standard InChI is InChI=1S/C22H25ClN2O/c23-20-12-13-22(26-25-14-5-2-6-15-25)19(17-20)10-4-1-3-8-18-9-7-11-21(24)16-18/h7,9,11-13,16-17H,1-2,4-6,10,14-15,24H2. The van der Waals surface area contributed by atoms with Crippen LogP contribution in [-0.4, -0.2) is 18.2 Å². The molecular weight excluding hydrogens is 344 g/mol. The molecule has 4 heteroatoms. The van der Waals surface area contributed by atoms with Crippen LogP contribution in [0.4, 0.5) is 5.69 Å². The molecule has 1 fully saturated rings. The highest BCUT2D eigenvalue weighted by Gasteiger charge is 2.14. The first kappa shape index (κ1) is 18.6. The summed E-state index contributed by atoms with van der Waals surface area (Å²) in [5, 5.41) is 2.81. The van der Waals surface area contributed by atoms with Crippen LogP contribution >= 0.6 is 11.6 Å². The van der Waals surface area contributed by atoms with E-state index < -0.39 is 0 Å². The highest BCUT2D eigenvalue weighted by molar-refractivity contribution is 6.30. The van der Waals surface area contributed by atoms with Gasteiger partial charge in [-0.05, 0) is 67.6 Å². The first-order chi connectivity index (χ1) is 12.7. The Labute approximate surface area is 161 Å². The van der Waals surface area contributed by atoms with E-state index in [1.165, 1.54) is 19.3 Å². The maximum Gasteiger partial charge on any atom is 0.150 e. The van der Waals surface area contributed by atoms with Crippen molar-refractivity contribution in [3.8, 4) is 17.6 Å². The molecule has 2 N–H and O–H groups in total. The second-order valence-electron chi connectivity index (χ2n) is 6.61. The van der Waals surface area contributed by atoms with Gasteiger partial charge < -0.3 is 10.6 Å². The van der Waals surface area contributed by atoms with E-state index in [1.807, 2.05) is 42.5 Å². The van der Waals surface area contributed by atoms with Crippen molar-refractivity contribution >= 4 is 17.3 Å². The molecule has 0 unspecified atom stereocenters. The number of hydrogen-bond acceptors (Lipinski definition) is 3. The molecule has 2 aromatic rings. The van der Waals surface area contributed by atoms with Crippen molar-refractivity contribution in [2.24, 2.45) is 0 Å². The van der Waals surface area contributed by atoms with Crippen LogP contribution in [-0.2, 0) is 6.42 Å². The monoisotopic (exact) mass is 368 g/mol. The second kappa shape index (κ2) is 9.52. The van der Waals surface area contributed by atoms with Crippen molar-refractivity contribution in [3.05, 3.63) is 58.6 Å². The van der Waals surface area contributed by atoms with Gasteiger partial charge in [-0.2, -0.15) is 0 Å². The molecule has 1 saturated heterocycles. The number of unbranched alkanes of at least 4 members (excludes halogenated alkanes) is 1. The Morgan fingerprint density at radius 3 is 2.73 bits per heavy atom. The smallest absolute Gasteiger partial charge is 0.150 e. The van der Waals surface area contributed by atoms with E-state index in [0.29, 0.717) is 0 Å². The average molecular weight is 369 g/mol. The van der Waals surface area contributed by atoms with Gasteiger partial charge in [0.2, 0.25) is 0 Å². The van der Waals surface area contributed by atoms with Crippen LogP contribution in [0.5, 0.6) is 5.75 Å². The van der Waals surface area contributed by atoms with Gasteiger partial charge in [-0.1, -0.05) is 35.9 Å². The molecule has 0 aromatic heterocycles. The summed E-state index contributed by atoms with van der Waals surface area (Å²) in [4.78, 5) is 6.11. The normalized spacial score (nSPS) is 14.5. The maximum absolute atomic E-state index is 6.19. The lowest BCUT2D eigenvalue weighted by atomic mass is 10.1. The number of nitrogen functional groups attached to an aromatic ring is 1. The number of piperidine rings is 1. The minimum atomic E-state index is 0.746. The Hall–Kier alpha value is -2.15. The average Bonchev–Trinajstić information content (AvgIpc) is 2.64. The fourth-order valence-corrected chi connectivity index (χ4v) is 3.27. The molecule has 3 nitrogen and oxygen atoms in total. The van der Waals surface area contributed by atoms with Gasteiger partial charge in [0.1, 0.15) is 0 Å². The van der Waals surface area contributed by atoms with Gasteiger partial charge in [0.25, 0.3) is 0 Å². The van der Waals surface area contributed by atoms with E-state index in [-0.39, 0.29) is 0 Å². The lowest BCUT2D eigenvalue weighted by Gasteiger charge is -2.27. The number of nitrogens with zero attached hydrogens (tertiary/aromatic N) is 1. The van der Waals surface area contributed by atoms with Gasteiger partial charge in [0, 0.05) is 35.8 Å². The fourth-order valence-electron chi connectivity index (χ4n) is 3.08. The number of halogens is 1. The first-order valence-corrected chi connectivity index (χ1v) is 9.64. The lowest BCUT2D eigenvalue weighted by molar-refractivity contribution is -0.0727. The summed E-state index contributed by atoms with van der Waals surface area (Å²) in [5.41, 5.74) is 8.63. The van der Waals surface area contributed by atoms with Gasteiger partial charge in [-0.25, -0.2) is 0 Å². The van der Waals surface area contributed by atoms with Gasteiger partial charge in [-0.3, -0.25) is 0 Å². The Balaban J connectivity index is 1.56. The van der Waals surface area contributed by atoms with E-state index in [9.17, 15) is 0 Å². The summed E-state index contributed by atoms with van der Waals surface area (Å²) in [6, 6.07) is 13.5. The number of benzene rings is 2. The number of nitrogens with two attached hydrogens (primary N) is 1. The predicted molar refractivity (Wildman–Crippen MR) is 108 cm³/mol. The summed E-state index contributed by atoms with van der Waals surface area (Å²) in [7, 11) is 0. The van der Waals surface area contributed by atoms with Gasteiger partial charge in [-0.15, -0.1) is 5.06 Å². The predicted octanol–water partition coefficient (Wildman–Crippen LogP) is 5.08. The van der Waals surface area contributed by atoms with E-state index in [0.717, 1.165) is 59.9 Å². The minimum Gasteiger partial charge on any atom is -0.406 e. The highest BCUT2D eigenvalue weighted by Crippen LogP contribution is 2.26. The summed E-state index contributed by atoms with van der Waals surface area (Å²) >= 11 is 6.19. The molecule has 0 radical (unpaired) electrons. The van der Waals surface area contributed by atoms with E-state index in [1.54, 1.807) is 0 Å². The molecule has 2 aromatic carbocycles. The van der Waals surface area contributed by atoms with Crippen LogP contribution in [0.1, 0.15) is 43.2 Å². The largest absolute Gasteiger partial charge is 0.406 e. The van der Waals surface area contributed by atoms with Gasteiger partial charge in [0.15, 0.2) is 5.75 Å². The summed E-state index contributed by atoms with van der Waals surface area (Å²) in [6.07, 6.45) is 6.37. The molecule has 1 heterocycles. The minimum absolute atomic E-state index is 0.746. The molecule has 3 rings (SSSR count). The molecule has 1 aliphatic rings. The summed E-state index contributed by atoms with van der Waals surface area (Å²) < 4.78 is 0. The number of aryl methyl sites for hydroxylation is 1. The number of anilines is 1. The zero-order valence-corrected chi connectivity index (χ0v) is 15.8. The SMILES string of the molecule is Nc1cccc(C#CCCCc2cc(Cl)ccc2ON2CCCCC2)c1. The number of rotatable bonds is 5. The Kier molecular flexibility index (Phi) is 6.82. The third-order valence-electron chi connectivity index (χ3n) is 4.43. The highest BCUT2D eigenvalue weighted by atomic mass is 35.5. The topological polar surface area (TPSA) is 38.5 Å². The quantitative estimate of drug-likeness (QED) is 0.454. The number of hydrogen-bond donors (Lipinski definition) is 1. The van der Waals surface area contributed by atoms with Crippen LogP contribution in [0.15, 0.2) is 42.5 Å². The van der Waals surface area contributed by atoms with Crippen molar-refractivity contribution in [2.75, 3.05) is 18.8 Å². The van der Waals surface area contributed by atoms with Crippen LogP contribution in [0, 0.1) is 11.8 Å².